The predicted octanol–water partition coefficient (Wildman–Crippen LogP) is 6.70. The van der Waals surface area contributed by atoms with E-state index < -0.39 is 12.2 Å². The molecule has 0 heterocycles. The number of carbonyl (C=O) groups is 4. The van der Waals surface area contributed by atoms with Gasteiger partial charge in [-0.1, -0.05) is 37.1 Å². The van der Waals surface area contributed by atoms with E-state index in [2.05, 4.69) is 27.7 Å². The van der Waals surface area contributed by atoms with Gasteiger partial charge >= 0.3 is 12.2 Å². The van der Waals surface area contributed by atoms with E-state index in [0.29, 0.717) is 59.5 Å². The Hall–Kier alpha value is -3.76. The highest BCUT2D eigenvalue weighted by Gasteiger charge is 2.30. The highest BCUT2D eigenvalue weighted by atomic mass is 16.6. The summed E-state index contributed by atoms with van der Waals surface area (Å²) >= 11 is 0. The molecule has 0 bridgehead atoms. The molecule has 0 spiro atoms. The van der Waals surface area contributed by atoms with Gasteiger partial charge in [0.15, 0.2) is 11.6 Å². The molecule has 10 heteroatoms. The summed E-state index contributed by atoms with van der Waals surface area (Å²) in [5.74, 6) is 1.54. The molecule has 0 unspecified atom stereocenters. The number of para-hydroxylation sites is 2. The summed E-state index contributed by atoms with van der Waals surface area (Å²) < 4.78 is 12.4. The Morgan fingerprint density at radius 2 is 0.875 bits per heavy atom. The summed E-state index contributed by atoms with van der Waals surface area (Å²) in [6, 6.07) is 15.1. The first-order valence-corrected chi connectivity index (χ1v) is 17.5. The molecule has 48 heavy (non-hydrogen) atoms. The topological polar surface area (TPSA) is 93.2 Å². The molecule has 0 aliphatic carbocycles. The van der Waals surface area contributed by atoms with Gasteiger partial charge in [-0.05, 0) is 64.8 Å². The number of hydrogen-bond acceptors (Lipinski definition) is 6. The number of rotatable bonds is 21. The molecule has 2 aromatic carbocycles. The van der Waals surface area contributed by atoms with Gasteiger partial charge in [-0.2, -0.15) is 0 Å². The Labute approximate surface area is 288 Å². The van der Waals surface area contributed by atoms with Crippen molar-refractivity contribution in [3.05, 3.63) is 59.7 Å². The fourth-order valence-electron chi connectivity index (χ4n) is 5.92. The number of hydrogen-bond donors (Lipinski definition) is 0. The van der Waals surface area contributed by atoms with Gasteiger partial charge in [0.25, 0.3) is 0 Å². The minimum Gasteiger partial charge on any atom is -0.410 e. The smallest absolute Gasteiger partial charge is 0.410 e. The number of amides is 2. The Morgan fingerprint density at radius 1 is 0.542 bits per heavy atom. The summed E-state index contributed by atoms with van der Waals surface area (Å²) in [5, 5.41) is 0. The monoisotopic (exact) mass is 668 g/mol. The van der Waals surface area contributed by atoms with Gasteiger partial charge in [-0.25, -0.2) is 9.59 Å². The lowest BCUT2D eigenvalue weighted by atomic mass is 10.0. The number of ether oxygens (including phenoxy) is 2. The Kier molecular flexibility index (Phi) is 16.8. The van der Waals surface area contributed by atoms with Crippen LogP contribution in [0.1, 0.15) is 77.3 Å². The molecular weight excluding hydrogens is 608 g/mol. The van der Waals surface area contributed by atoms with Crippen molar-refractivity contribution in [2.24, 2.45) is 0 Å². The third-order valence-electron chi connectivity index (χ3n) is 9.45. The quantitative estimate of drug-likeness (QED) is 0.109. The van der Waals surface area contributed by atoms with Crippen molar-refractivity contribution >= 4 is 23.8 Å². The van der Waals surface area contributed by atoms with E-state index in [1.54, 1.807) is 40.3 Å². The lowest BCUT2D eigenvalue weighted by molar-refractivity contribution is -0.930. The van der Waals surface area contributed by atoms with E-state index in [4.69, 9.17) is 9.47 Å². The average Bonchev–Trinajstić information content (AvgIpc) is 3.07. The van der Waals surface area contributed by atoms with Crippen LogP contribution in [0.25, 0.3) is 0 Å². The fraction of sp³-hybridized carbons (Fsp3) is 0.579. The van der Waals surface area contributed by atoms with Gasteiger partial charge in [0.2, 0.25) is 0 Å². The van der Waals surface area contributed by atoms with E-state index in [9.17, 15) is 19.2 Å². The van der Waals surface area contributed by atoms with Crippen LogP contribution in [-0.2, 0) is 22.7 Å². The van der Waals surface area contributed by atoms with Crippen molar-refractivity contribution in [2.45, 2.75) is 79.3 Å². The zero-order valence-electron chi connectivity index (χ0n) is 30.8. The summed E-state index contributed by atoms with van der Waals surface area (Å²) in [7, 11) is 6.61. The van der Waals surface area contributed by atoms with E-state index in [0.717, 1.165) is 63.0 Å². The lowest BCUT2D eigenvalue weighted by Gasteiger charge is -2.36. The van der Waals surface area contributed by atoms with E-state index in [1.165, 1.54) is 9.80 Å². The zero-order chi connectivity index (χ0) is 35.7. The highest BCUT2D eigenvalue weighted by Crippen LogP contribution is 2.26. The van der Waals surface area contributed by atoms with Crippen LogP contribution in [-0.4, -0.2) is 110 Å². The molecule has 2 rings (SSSR count). The Morgan fingerprint density at radius 3 is 1.19 bits per heavy atom. The van der Waals surface area contributed by atoms with Crippen LogP contribution in [0.4, 0.5) is 9.59 Å². The second-order valence-corrected chi connectivity index (χ2v) is 13.3. The highest BCUT2D eigenvalue weighted by molar-refractivity contribution is 5.80. The molecule has 0 aromatic heterocycles. The Bertz CT molecular complexity index is 1230. The van der Waals surface area contributed by atoms with E-state index in [-0.39, 0.29) is 11.6 Å². The molecule has 0 fully saturated rings. The maximum Gasteiger partial charge on any atom is 0.414 e. The average molecular weight is 669 g/mol. The first-order valence-electron chi connectivity index (χ1n) is 17.5. The number of ketones is 2. The van der Waals surface area contributed by atoms with Crippen LogP contribution in [0, 0.1) is 0 Å². The molecule has 0 N–H and O–H groups in total. The predicted molar refractivity (Wildman–Crippen MR) is 190 cm³/mol. The first kappa shape index (κ1) is 40.4. The van der Waals surface area contributed by atoms with Crippen molar-refractivity contribution in [1.29, 1.82) is 0 Å². The summed E-state index contributed by atoms with van der Waals surface area (Å²) in [6.45, 7) is 13.7. The van der Waals surface area contributed by atoms with Gasteiger partial charge in [-0.15, -0.1) is 0 Å². The molecule has 0 radical (unpaired) electrons. The van der Waals surface area contributed by atoms with Gasteiger partial charge in [0, 0.05) is 52.2 Å². The Balaban J connectivity index is 1.86. The van der Waals surface area contributed by atoms with Crippen molar-refractivity contribution < 1.29 is 37.6 Å². The minimum atomic E-state index is -0.425. The molecule has 10 nitrogen and oxygen atoms in total. The lowest BCUT2D eigenvalue weighted by Crippen LogP contribution is -2.50. The SMILES string of the molecule is CC[N+](CC)(CC(=O)CCCCCCC(=O)C[N+](CC)(CC)Cc1ccccc1OC(=O)N(C)C)Cc1ccccc1OC(=O)N(C)C. The largest absolute Gasteiger partial charge is 0.414 e. The van der Waals surface area contributed by atoms with Gasteiger partial charge in [-0.3, -0.25) is 9.59 Å². The molecular formula is C38H60N4O6+2. The summed E-state index contributed by atoms with van der Waals surface area (Å²) in [4.78, 5) is 53.5. The standard InChI is InChI=1S/C38H60N4O6/c1-9-41(10-2,27-31-21-17-19-25-35(31)47-37(45)39(5)6)29-33(43)23-15-13-14-16-24-34(44)30-42(11-3,12-4)28-32-22-18-20-26-36(32)48-38(46)40(7)8/h17-22,25-26H,9-16,23-24,27-30H2,1-8H3/q+2. The number of benzene rings is 2. The summed E-state index contributed by atoms with van der Waals surface area (Å²) in [5.41, 5.74) is 1.83. The number of likely N-dealkylation sites (N-methyl/N-ethyl adjacent to an activating group) is 2. The van der Waals surface area contributed by atoms with Gasteiger partial charge in [0.05, 0.1) is 26.2 Å². The van der Waals surface area contributed by atoms with Crippen LogP contribution < -0.4 is 9.47 Å². The first-order chi connectivity index (χ1) is 22.8. The molecule has 0 aliphatic rings. The third kappa shape index (κ3) is 12.7. The minimum absolute atomic E-state index is 0.238. The maximum absolute atomic E-state index is 13.2. The molecule has 0 saturated heterocycles. The molecule has 266 valence electrons. The number of carbonyl (C=O) groups excluding carboxylic acids is 4. The molecule has 0 atom stereocenters. The fourth-order valence-corrected chi connectivity index (χ4v) is 5.92. The van der Waals surface area contributed by atoms with Crippen LogP contribution in [0.5, 0.6) is 11.5 Å². The normalized spacial score (nSPS) is 11.6. The molecule has 0 aliphatic heterocycles. The number of nitrogens with zero attached hydrogens (tertiary/aromatic N) is 4. The van der Waals surface area contributed by atoms with Crippen LogP contribution >= 0.6 is 0 Å². The van der Waals surface area contributed by atoms with Crippen LogP contribution in [0.15, 0.2) is 48.5 Å². The van der Waals surface area contributed by atoms with Crippen LogP contribution in [0.2, 0.25) is 0 Å². The second kappa shape index (κ2) is 19.9. The number of Topliss-reactive ketones (excluding diaryl/α,β-unsaturated/α-hetero) is 2. The molecule has 0 saturated carbocycles. The van der Waals surface area contributed by atoms with Crippen molar-refractivity contribution in [3.63, 3.8) is 0 Å². The van der Waals surface area contributed by atoms with Crippen molar-refractivity contribution in [2.75, 3.05) is 67.5 Å². The maximum atomic E-state index is 13.2. The third-order valence-corrected chi connectivity index (χ3v) is 9.45. The second-order valence-electron chi connectivity index (χ2n) is 13.3. The van der Waals surface area contributed by atoms with Gasteiger partial charge in [0.1, 0.15) is 37.7 Å². The molecule has 2 amide bonds. The summed E-state index contributed by atoms with van der Waals surface area (Å²) in [6.07, 6.45) is 3.63. The van der Waals surface area contributed by atoms with E-state index in [1.807, 2.05) is 36.4 Å². The van der Waals surface area contributed by atoms with Gasteiger partial charge < -0.3 is 28.2 Å². The van der Waals surface area contributed by atoms with Crippen molar-refractivity contribution in [3.8, 4) is 11.5 Å². The molecule has 2 aromatic rings. The van der Waals surface area contributed by atoms with Crippen LogP contribution in [0.3, 0.4) is 0 Å². The zero-order valence-corrected chi connectivity index (χ0v) is 30.8. The number of unbranched alkanes of at least 4 members (excludes halogenated alkanes) is 3. The number of quaternary nitrogens is 2. The van der Waals surface area contributed by atoms with Crippen molar-refractivity contribution in [1.82, 2.24) is 9.80 Å². The van der Waals surface area contributed by atoms with E-state index >= 15 is 0 Å².